The molecule has 0 aliphatic heterocycles. The second-order valence-corrected chi connectivity index (χ2v) is 6.44. The molecule has 0 saturated carbocycles. The van der Waals surface area contributed by atoms with E-state index >= 15 is 0 Å². The van der Waals surface area contributed by atoms with Gasteiger partial charge in [-0.05, 0) is 20.3 Å². The summed E-state index contributed by atoms with van der Waals surface area (Å²) in [5, 5.41) is 6.21. The molecule has 0 aliphatic carbocycles. The second-order valence-electron chi connectivity index (χ2n) is 3.90. The molecule has 86 valence electrons. The Hall–Kier alpha value is -0.0600. The van der Waals surface area contributed by atoms with Crippen molar-refractivity contribution >= 4 is 23.1 Å². The van der Waals surface area contributed by atoms with E-state index in [9.17, 15) is 0 Å². The van der Waals surface area contributed by atoms with Crippen molar-refractivity contribution in [3.63, 3.8) is 0 Å². The molecule has 1 aromatic rings. The maximum Gasteiger partial charge on any atom is 0.150 e. The first-order valence-electron chi connectivity index (χ1n) is 5.44. The van der Waals surface area contributed by atoms with Crippen LogP contribution in [-0.4, -0.2) is 22.8 Å². The maximum atomic E-state index is 4.45. The summed E-state index contributed by atoms with van der Waals surface area (Å²) >= 11 is 3.60. The largest absolute Gasteiger partial charge is 0.313 e. The van der Waals surface area contributed by atoms with Gasteiger partial charge in [-0.1, -0.05) is 25.6 Å². The van der Waals surface area contributed by atoms with Gasteiger partial charge in [-0.25, -0.2) is 4.98 Å². The highest BCUT2D eigenvalue weighted by Gasteiger charge is 2.08. The highest BCUT2D eigenvalue weighted by molar-refractivity contribution is 8.01. The molecule has 2 atom stereocenters. The first kappa shape index (κ1) is 13.0. The zero-order valence-electron chi connectivity index (χ0n) is 9.91. The topological polar surface area (TPSA) is 24.9 Å². The van der Waals surface area contributed by atoms with Crippen molar-refractivity contribution in [1.82, 2.24) is 10.3 Å². The zero-order chi connectivity index (χ0) is 11.3. The van der Waals surface area contributed by atoms with Crippen LogP contribution in [0.1, 0.15) is 32.9 Å². The minimum atomic E-state index is 0.588. The van der Waals surface area contributed by atoms with Crippen LogP contribution in [0.2, 0.25) is 0 Å². The van der Waals surface area contributed by atoms with Crippen LogP contribution in [0.25, 0.3) is 0 Å². The Morgan fingerprint density at radius 1 is 1.53 bits per heavy atom. The standard InChI is InChI=1S/C11H20N2S2/c1-5-8(2)12-6-10(4)15-11-13-9(3)7-14-11/h7-8,10,12H,5-6H2,1-4H3. The quantitative estimate of drug-likeness (QED) is 0.777. The number of nitrogens with zero attached hydrogens (tertiary/aromatic N) is 1. The molecule has 0 radical (unpaired) electrons. The van der Waals surface area contributed by atoms with Gasteiger partial charge in [0.05, 0.1) is 0 Å². The number of aryl methyl sites for hydroxylation is 1. The molecule has 2 unspecified atom stereocenters. The maximum absolute atomic E-state index is 4.45. The highest BCUT2D eigenvalue weighted by atomic mass is 32.2. The van der Waals surface area contributed by atoms with Gasteiger partial charge in [0.15, 0.2) is 0 Å². The Kier molecular flexibility index (Phi) is 5.64. The Labute approximate surface area is 101 Å². The molecule has 0 bridgehead atoms. The predicted molar refractivity (Wildman–Crippen MR) is 69.9 cm³/mol. The molecule has 0 aromatic carbocycles. The average Bonchev–Trinajstić information content (AvgIpc) is 2.60. The Morgan fingerprint density at radius 3 is 2.80 bits per heavy atom. The lowest BCUT2D eigenvalue weighted by Crippen LogP contribution is -2.30. The van der Waals surface area contributed by atoms with E-state index in [1.807, 2.05) is 18.7 Å². The minimum Gasteiger partial charge on any atom is -0.313 e. The Morgan fingerprint density at radius 2 is 2.27 bits per heavy atom. The molecule has 4 heteroatoms. The van der Waals surface area contributed by atoms with E-state index in [1.165, 1.54) is 10.8 Å². The molecule has 15 heavy (non-hydrogen) atoms. The van der Waals surface area contributed by atoms with Crippen LogP contribution < -0.4 is 5.32 Å². The van der Waals surface area contributed by atoms with Crippen LogP contribution in [0.15, 0.2) is 9.72 Å². The Bertz CT molecular complexity index is 286. The summed E-state index contributed by atoms with van der Waals surface area (Å²) in [6.07, 6.45) is 1.19. The van der Waals surface area contributed by atoms with E-state index in [0.29, 0.717) is 11.3 Å². The van der Waals surface area contributed by atoms with Gasteiger partial charge < -0.3 is 5.32 Å². The molecule has 0 amide bonds. The molecule has 1 rings (SSSR count). The summed E-state index contributed by atoms with van der Waals surface area (Å²) in [6.45, 7) is 9.78. The van der Waals surface area contributed by atoms with Crippen molar-refractivity contribution < 1.29 is 0 Å². The lowest BCUT2D eigenvalue weighted by molar-refractivity contribution is 0.537. The van der Waals surface area contributed by atoms with E-state index in [4.69, 9.17) is 0 Å². The average molecular weight is 244 g/mol. The second kappa shape index (κ2) is 6.51. The SMILES string of the molecule is CCC(C)NCC(C)Sc1nc(C)cs1. The van der Waals surface area contributed by atoms with Crippen LogP contribution in [0.4, 0.5) is 0 Å². The summed E-state index contributed by atoms with van der Waals surface area (Å²) in [4.78, 5) is 4.45. The Balaban J connectivity index is 2.27. The fraction of sp³-hybridized carbons (Fsp3) is 0.727. The first-order valence-corrected chi connectivity index (χ1v) is 7.20. The lowest BCUT2D eigenvalue weighted by Gasteiger charge is -2.15. The molecule has 2 nitrogen and oxygen atoms in total. The summed E-state index contributed by atoms with van der Waals surface area (Å²) in [5.41, 5.74) is 1.13. The monoisotopic (exact) mass is 244 g/mol. The van der Waals surface area contributed by atoms with Crippen LogP contribution in [0.3, 0.4) is 0 Å². The highest BCUT2D eigenvalue weighted by Crippen LogP contribution is 2.26. The van der Waals surface area contributed by atoms with Crippen molar-refractivity contribution in [3.05, 3.63) is 11.1 Å². The van der Waals surface area contributed by atoms with Crippen molar-refractivity contribution in [3.8, 4) is 0 Å². The number of hydrogen-bond donors (Lipinski definition) is 1. The summed E-state index contributed by atoms with van der Waals surface area (Å²) < 4.78 is 1.19. The first-order chi connectivity index (χ1) is 7.11. The normalized spacial score (nSPS) is 15.2. The fourth-order valence-electron chi connectivity index (χ4n) is 1.11. The minimum absolute atomic E-state index is 0.588. The van der Waals surface area contributed by atoms with Crippen molar-refractivity contribution in [2.75, 3.05) is 6.54 Å². The molecule has 0 fully saturated rings. The number of thioether (sulfide) groups is 1. The number of thiazole rings is 1. The van der Waals surface area contributed by atoms with Crippen LogP contribution >= 0.6 is 23.1 Å². The lowest BCUT2D eigenvalue weighted by atomic mass is 10.2. The molecule has 0 saturated heterocycles. The van der Waals surface area contributed by atoms with Gasteiger partial charge >= 0.3 is 0 Å². The third-order valence-corrected chi connectivity index (χ3v) is 4.46. The molecule has 1 heterocycles. The predicted octanol–water partition coefficient (Wildman–Crippen LogP) is 3.32. The van der Waals surface area contributed by atoms with Crippen LogP contribution in [0, 0.1) is 6.92 Å². The molecule has 0 aliphatic rings. The van der Waals surface area contributed by atoms with Crippen molar-refractivity contribution in [2.24, 2.45) is 0 Å². The van der Waals surface area contributed by atoms with Gasteiger partial charge in [0.1, 0.15) is 4.34 Å². The van der Waals surface area contributed by atoms with Crippen LogP contribution in [-0.2, 0) is 0 Å². The summed E-state index contributed by atoms with van der Waals surface area (Å²) in [5.74, 6) is 0. The molecule has 1 aromatic heterocycles. The molecular weight excluding hydrogens is 224 g/mol. The van der Waals surface area contributed by atoms with E-state index in [1.54, 1.807) is 11.3 Å². The number of aromatic nitrogens is 1. The van der Waals surface area contributed by atoms with Gasteiger partial charge in [0.2, 0.25) is 0 Å². The smallest absolute Gasteiger partial charge is 0.150 e. The van der Waals surface area contributed by atoms with Gasteiger partial charge in [-0.15, -0.1) is 11.3 Å². The summed E-state index contributed by atoms with van der Waals surface area (Å²) in [6, 6.07) is 0.617. The summed E-state index contributed by atoms with van der Waals surface area (Å²) in [7, 11) is 0. The van der Waals surface area contributed by atoms with Crippen LogP contribution in [0.5, 0.6) is 0 Å². The third-order valence-electron chi connectivity index (χ3n) is 2.27. The number of nitrogens with one attached hydrogen (secondary N) is 1. The number of rotatable bonds is 6. The van der Waals surface area contributed by atoms with E-state index in [-0.39, 0.29) is 0 Å². The molecule has 0 spiro atoms. The van der Waals surface area contributed by atoms with E-state index in [2.05, 4.69) is 36.5 Å². The van der Waals surface area contributed by atoms with Gasteiger partial charge in [-0.3, -0.25) is 0 Å². The van der Waals surface area contributed by atoms with Gasteiger partial charge in [-0.2, -0.15) is 0 Å². The van der Waals surface area contributed by atoms with E-state index < -0.39 is 0 Å². The molecular formula is C11H20N2S2. The molecule has 1 N–H and O–H groups in total. The van der Waals surface area contributed by atoms with Crippen molar-refractivity contribution in [2.45, 2.75) is 49.7 Å². The van der Waals surface area contributed by atoms with Crippen molar-refractivity contribution in [1.29, 1.82) is 0 Å². The number of hydrogen-bond acceptors (Lipinski definition) is 4. The zero-order valence-corrected chi connectivity index (χ0v) is 11.5. The third kappa shape index (κ3) is 5.00. The van der Waals surface area contributed by atoms with E-state index in [0.717, 1.165) is 12.2 Å². The fourth-order valence-corrected chi connectivity index (χ4v) is 3.21. The van der Waals surface area contributed by atoms with Gasteiger partial charge in [0, 0.05) is 28.9 Å². The van der Waals surface area contributed by atoms with Gasteiger partial charge in [0.25, 0.3) is 0 Å².